The Morgan fingerprint density at radius 2 is 2.00 bits per heavy atom. The summed E-state index contributed by atoms with van der Waals surface area (Å²) in [6.45, 7) is 1.76. The molecule has 2 N–H and O–H groups in total. The Morgan fingerprint density at radius 1 is 1.29 bits per heavy atom. The minimum atomic E-state index is -0.671. The number of aliphatic imine (C=N–C) groups is 1. The standard InChI is InChI=1S/C14H11BrN2O4/c1-8-2-3-11(6-13(8)18)16-7-9-4-10(15)5-12(14(9)19)17(20)21/h2-7,18-19H,1H3. The molecule has 0 unspecified atom stereocenters. The van der Waals surface area contributed by atoms with Crippen LogP contribution in [0, 0.1) is 17.0 Å². The SMILES string of the molecule is Cc1ccc(N=Cc2cc(Br)cc([N+](=O)[O-])c2O)cc1O. The Bertz CT molecular complexity index is 744. The normalized spacial score (nSPS) is 11.0. The van der Waals surface area contributed by atoms with Crippen LogP contribution in [0.2, 0.25) is 0 Å². The minimum Gasteiger partial charge on any atom is -0.508 e. The third-order valence-electron chi connectivity index (χ3n) is 2.83. The lowest BCUT2D eigenvalue weighted by Crippen LogP contribution is -1.92. The van der Waals surface area contributed by atoms with Gasteiger partial charge in [0, 0.05) is 28.4 Å². The summed E-state index contributed by atoms with van der Waals surface area (Å²) >= 11 is 3.15. The molecule has 0 heterocycles. The van der Waals surface area contributed by atoms with Crippen LogP contribution in [0.25, 0.3) is 0 Å². The number of hydrogen-bond acceptors (Lipinski definition) is 5. The van der Waals surface area contributed by atoms with E-state index in [9.17, 15) is 20.3 Å². The maximum Gasteiger partial charge on any atom is 0.312 e. The lowest BCUT2D eigenvalue weighted by molar-refractivity contribution is -0.385. The largest absolute Gasteiger partial charge is 0.508 e. The average molecular weight is 351 g/mol. The van der Waals surface area contributed by atoms with Crippen molar-refractivity contribution in [3.8, 4) is 11.5 Å². The van der Waals surface area contributed by atoms with E-state index in [1.807, 2.05) is 0 Å². The fraction of sp³-hybridized carbons (Fsp3) is 0.0714. The van der Waals surface area contributed by atoms with Crippen molar-refractivity contribution in [3.63, 3.8) is 0 Å². The topological polar surface area (TPSA) is 96.0 Å². The van der Waals surface area contributed by atoms with Gasteiger partial charge in [0.2, 0.25) is 5.75 Å². The zero-order chi connectivity index (χ0) is 15.6. The van der Waals surface area contributed by atoms with Gasteiger partial charge in [-0.15, -0.1) is 0 Å². The Labute approximate surface area is 128 Å². The molecule has 2 rings (SSSR count). The van der Waals surface area contributed by atoms with Gasteiger partial charge in [-0.3, -0.25) is 15.1 Å². The fourth-order valence-electron chi connectivity index (χ4n) is 1.67. The Balaban J connectivity index is 2.41. The predicted octanol–water partition coefficient (Wildman–Crippen LogP) is 3.83. The summed E-state index contributed by atoms with van der Waals surface area (Å²) in [5.74, 6) is -0.350. The van der Waals surface area contributed by atoms with Crippen molar-refractivity contribution in [2.45, 2.75) is 6.92 Å². The molecule has 0 atom stereocenters. The van der Waals surface area contributed by atoms with E-state index >= 15 is 0 Å². The van der Waals surface area contributed by atoms with E-state index in [4.69, 9.17) is 0 Å². The predicted molar refractivity (Wildman–Crippen MR) is 82.6 cm³/mol. The highest BCUT2D eigenvalue weighted by molar-refractivity contribution is 9.10. The molecule has 21 heavy (non-hydrogen) atoms. The highest BCUT2D eigenvalue weighted by Gasteiger charge is 2.17. The van der Waals surface area contributed by atoms with Gasteiger partial charge in [0.1, 0.15) is 5.75 Å². The first-order valence-electron chi connectivity index (χ1n) is 5.89. The van der Waals surface area contributed by atoms with Crippen LogP contribution >= 0.6 is 15.9 Å². The summed E-state index contributed by atoms with van der Waals surface area (Å²) in [6.07, 6.45) is 1.30. The summed E-state index contributed by atoms with van der Waals surface area (Å²) in [4.78, 5) is 14.3. The van der Waals surface area contributed by atoms with Gasteiger partial charge in [-0.25, -0.2) is 0 Å². The maximum atomic E-state index is 10.8. The molecule has 0 aromatic heterocycles. The van der Waals surface area contributed by atoms with Crippen LogP contribution < -0.4 is 0 Å². The van der Waals surface area contributed by atoms with Gasteiger partial charge in [-0.05, 0) is 24.6 Å². The van der Waals surface area contributed by atoms with Crippen molar-refractivity contribution in [1.82, 2.24) is 0 Å². The first-order valence-corrected chi connectivity index (χ1v) is 6.68. The van der Waals surface area contributed by atoms with Crippen LogP contribution in [0.3, 0.4) is 0 Å². The molecular weight excluding hydrogens is 340 g/mol. The molecule has 0 amide bonds. The van der Waals surface area contributed by atoms with Crippen molar-refractivity contribution < 1.29 is 15.1 Å². The van der Waals surface area contributed by atoms with Gasteiger partial charge in [0.05, 0.1) is 10.6 Å². The monoisotopic (exact) mass is 350 g/mol. The third kappa shape index (κ3) is 3.38. The molecule has 0 aliphatic heterocycles. The van der Waals surface area contributed by atoms with E-state index in [-0.39, 0.29) is 11.3 Å². The first-order chi connectivity index (χ1) is 9.88. The van der Waals surface area contributed by atoms with Gasteiger partial charge in [0.15, 0.2) is 0 Å². The van der Waals surface area contributed by atoms with Crippen LogP contribution in [-0.4, -0.2) is 21.4 Å². The number of nitrogens with zero attached hydrogens (tertiary/aromatic N) is 2. The molecular formula is C14H11BrN2O4. The molecule has 0 fully saturated rings. The molecule has 6 nitrogen and oxygen atoms in total. The van der Waals surface area contributed by atoms with Crippen molar-refractivity contribution in [1.29, 1.82) is 0 Å². The number of aryl methyl sites for hydroxylation is 1. The molecule has 0 bridgehead atoms. The van der Waals surface area contributed by atoms with Crippen LogP contribution in [0.1, 0.15) is 11.1 Å². The van der Waals surface area contributed by atoms with Crippen molar-refractivity contribution in [2.75, 3.05) is 0 Å². The number of nitro groups is 1. The number of nitro benzene ring substituents is 1. The number of rotatable bonds is 3. The Morgan fingerprint density at radius 3 is 2.62 bits per heavy atom. The number of hydrogen-bond donors (Lipinski definition) is 2. The first kappa shape index (κ1) is 15.0. The van der Waals surface area contributed by atoms with E-state index in [1.54, 1.807) is 19.1 Å². The number of phenols is 2. The summed E-state index contributed by atoms with van der Waals surface area (Å²) in [7, 11) is 0. The Hall–Kier alpha value is -2.41. The highest BCUT2D eigenvalue weighted by Crippen LogP contribution is 2.33. The second-order valence-electron chi connectivity index (χ2n) is 4.35. The smallest absolute Gasteiger partial charge is 0.312 e. The molecule has 0 saturated carbocycles. The van der Waals surface area contributed by atoms with Crippen molar-refractivity contribution in [2.24, 2.45) is 4.99 Å². The van der Waals surface area contributed by atoms with E-state index in [2.05, 4.69) is 20.9 Å². The van der Waals surface area contributed by atoms with E-state index in [0.717, 1.165) is 5.56 Å². The maximum absolute atomic E-state index is 10.8. The molecule has 0 spiro atoms. The molecule has 7 heteroatoms. The summed E-state index contributed by atoms with van der Waals surface area (Å²) in [6, 6.07) is 7.58. The fourth-order valence-corrected chi connectivity index (χ4v) is 2.13. The van der Waals surface area contributed by atoms with Crippen LogP contribution in [0.5, 0.6) is 11.5 Å². The van der Waals surface area contributed by atoms with Crippen LogP contribution in [0.4, 0.5) is 11.4 Å². The highest BCUT2D eigenvalue weighted by atomic mass is 79.9. The number of halogens is 1. The summed E-state index contributed by atoms with van der Waals surface area (Å²) in [5, 5.41) is 30.3. The molecule has 108 valence electrons. The number of benzene rings is 2. The van der Waals surface area contributed by atoms with Gasteiger partial charge >= 0.3 is 5.69 Å². The zero-order valence-corrected chi connectivity index (χ0v) is 12.5. The molecule has 2 aromatic rings. The second-order valence-corrected chi connectivity index (χ2v) is 5.26. The van der Waals surface area contributed by atoms with Crippen molar-refractivity contribution >= 4 is 33.5 Å². The molecule has 0 radical (unpaired) electrons. The van der Waals surface area contributed by atoms with Gasteiger partial charge < -0.3 is 10.2 Å². The third-order valence-corrected chi connectivity index (χ3v) is 3.28. The van der Waals surface area contributed by atoms with E-state index in [0.29, 0.717) is 10.2 Å². The second kappa shape index (κ2) is 5.92. The molecule has 0 aliphatic rings. The van der Waals surface area contributed by atoms with Crippen LogP contribution in [-0.2, 0) is 0 Å². The number of phenolic OH excluding ortho intramolecular Hbond substituents is 2. The average Bonchev–Trinajstić information content (AvgIpc) is 2.42. The summed E-state index contributed by atoms with van der Waals surface area (Å²) in [5.41, 5.74) is 0.990. The lowest BCUT2D eigenvalue weighted by Gasteiger charge is -2.02. The quantitative estimate of drug-likeness (QED) is 0.499. The molecule has 0 saturated heterocycles. The van der Waals surface area contributed by atoms with Crippen molar-refractivity contribution in [3.05, 3.63) is 56.0 Å². The minimum absolute atomic E-state index is 0.106. The van der Waals surface area contributed by atoms with E-state index < -0.39 is 16.4 Å². The Kier molecular flexibility index (Phi) is 4.23. The van der Waals surface area contributed by atoms with Gasteiger partial charge in [-0.1, -0.05) is 22.0 Å². The van der Waals surface area contributed by atoms with Gasteiger partial charge in [0.25, 0.3) is 0 Å². The van der Waals surface area contributed by atoms with E-state index in [1.165, 1.54) is 24.4 Å². The van der Waals surface area contributed by atoms with Gasteiger partial charge in [-0.2, -0.15) is 0 Å². The van der Waals surface area contributed by atoms with Crippen LogP contribution in [0.15, 0.2) is 39.8 Å². The zero-order valence-electron chi connectivity index (χ0n) is 10.9. The summed E-state index contributed by atoms with van der Waals surface area (Å²) < 4.78 is 0.459. The molecule has 0 aliphatic carbocycles. The number of aromatic hydroxyl groups is 2. The molecule has 2 aromatic carbocycles. The lowest BCUT2D eigenvalue weighted by atomic mass is 10.2.